The summed E-state index contributed by atoms with van der Waals surface area (Å²) >= 11 is 0. The summed E-state index contributed by atoms with van der Waals surface area (Å²) in [4.78, 5) is 38.0. The van der Waals surface area contributed by atoms with Crippen molar-refractivity contribution in [3.8, 4) is 0 Å². The molecule has 0 aromatic rings. The van der Waals surface area contributed by atoms with E-state index < -0.39 is 6.10 Å². The second-order valence-electron chi connectivity index (χ2n) is 18.8. The Balaban J connectivity index is 4.34. The first-order valence-corrected chi connectivity index (χ1v) is 28.1. The lowest BCUT2D eigenvalue weighted by atomic mass is 10.0. The van der Waals surface area contributed by atoms with Crippen LogP contribution in [-0.4, -0.2) is 37.2 Å². The molecule has 0 saturated carbocycles. The van der Waals surface area contributed by atoms with Gasteiger partial charge < -0.3 is 14.2 Å². The first kappa shape index (κ1) is 62.4. The Kier molecular flexibility index (Phi) is 51.8. The van der Waals surface area contributed by atoms with E-state index in [2.05, 4.69) is 63.3 Å². The monoisotopic (exact) mass is 911 g/mol. The number of hydrogen-bond donors (Lipinski definition) is 0. The number of unbranched alkanes of at least 4 members (excludes halogenated alkanes) is 32. The molecule has 0 aromatic heterocycles. The van der Waals surface area contributed by atoms with Gasteiger partial charge in [-0.3, -0.25) is 14.4 Å². The molecule has 0 spiro atoms. The third-order valence-corrected chi connectivity index (χ3v) is 12.4. The van der Waals surface area contributed by atoms with Crippen LogP contribution in [0.3, 0.4) is 0 Å². The fourth-order valence-electron chi connectivity index (χ4n) is 8.16. The Hall–Kier alpha value is -2.63. The van der Waals surface area contributed by atoms with Crippen LogP contribution in [0.25, 0.3) is 0 Å². The summed E-state index contributed by atoms with van der Waals surface area (Å²) in [5.41, 5.74) is 0. The van der Waals surface area contributed by atoms with Crippen LogP contribution in [0.5, 0.6) is 0 Å². The molecule has 378 valence electrons. The normalized spacial score (nSPS) is 12.4. The maximum absolute atomic E-state index is 12.8. The number of hydrogen-bond acceptors (Lipinski definition) is 6. The summed E-state index contributed by atoms with van der Waals surface area (Å²) in [6, 6.07) is 0. The van der Waals surface area contributed by atoms with Crippen LogP contribution in [0, 0.1) is 0 Å². The van der Waals surface area contributed by atoms with Crippen molar-refractivity contribution in [2.24, 2.45) is 0 Å². The van der Waals surface area contributed by atoms with Crippen molar-refractivity contribution in [1.29, 1.82) is 0 Å². The molecular weight excluding hydrogens is 805 g/mol. The highest BCUT2D eigenvalue weighted by Crippen LogP contribution is 2.17. The third kappa shape index (κ3) is 52.2. The molecule has 1 atom stereocenters. The summed E-state index contributed by atoms with van der Waals surface area (Å²) in [5, 5.41) is 0. The van der Waals surface area contributed by atoms with Crippen molar-refractivity contribution in [2.45, 2.75) is 297 Å². The molecule has 65 heavy (non-hydrogen) atoms. The minimum absolute atomic E-state index is 0.0906. The maximum Gasteiger partial charge on any atom is 0.306 e. The first-order valence-electron chi connectivity index (χ1n) is 28.1. The number of carbonyl (C=O) groups excluding carboxylic acids is 3. The van der Waals surface area contributed by atoms with Gasteiger partial charge in [-0.25, -0.2) is 0 Å². The van der Waals surface area contributed by atoms with Crippen LogP contribution < -0.4 is 0 Å². The topological polar surface area (TPSA) is 78.9 Å². The Morgan fingerprint density at radius 3 is 0.938 bits per heavy atom. The average molecular weight is 911 g/mol. The van der Waals surface area contributed by atoms with Crippen molar-refractivity contribution in [1.82, 2.24) is 0 Å². The maximum atomic E-state index is 12.8. The van der Waals surface area contributed by atoms with Crippen LogP contribution in [0.15, 0.2) is 48.6 Å². The standard InChI is InChI=1S/C59H106O6/c1-4-7-10-13-16-19-22-25-27-28-29-30-31-32-35-37-40-43-46-49-52-58(61)64-55-56(54-63-57(60)51-48-45-42-39-36-33-24-21-18-15-12-9-6-3)65-59(62)53-50-47-44-41-38-34-26-23-20-17-14-11-8-5-2/h9,12,18,21,33,36,42,45,56H,4-8,10-11,13-17,19-20,22-32,34-35,37-41,43-44,46-55H2,1-3H3/b12-9-,21-18-,36-33-,45-42-. The molecule has 0 aliphatic heterocycles. The molecule has 0 aromatic carbocycles. The molecule has 0 N–H and O–H groups in total. The van der Waals surface area contributed by atoms with Crippen molar-refractivity contribution >= 4 is 17.9 Å². The highest BCUT2D eigenvalue weighted by Gasteiger charge is 2.19. The molecule has 0 radical (unpaired) electrons. The average Bonchev–Trinajstić information content (AvgIpc) is 3.30. The largest absolute Gasteiger partial charge is 0.462 e. The number of ether oxygens (including phenoxy) is 3. The quantitative estimate of drug-likeness (QED) is 0.0262. The smallest absolute Gasteiger partial charge is 0.306 e. The van der Waals surface area contributed by atoms with E-state index in [1.807, 2.05) is 6.08 Å². The predicted molar refractivity (Wildman–Crippen MR) is 279 cm³/mol. The van der Waals surface area contributed by atoms with Gasteiger partial charge in [0.1, 0.15) is 13.2 Å². The van der Waals surface area contributed by atoms with Crippen molar-refractivity contribution < 1.29 is 28.6 Å². The number of esters is 3. The fourth-order valence-corrected chi connectivity index (χ4v) is 8.16. The Morgan fingerprint density at radius 2 is 0.600 bits per heavy atom. The molecule has 6 nitrogen and oxygen atoms in total. The minimum atomic E-state index is -0.797. The molecule has 0 amide bonds. The number of carbonyl (C=O) groups is 3. The fraction of sp³-hybridized carbons (Fsp3) is 0.814. The van der Waals surface area contributed by atoms with Gasteiger partial charge in [0.05, 0.1) is 0 Å². The van der Waals surface area contributed by atoms with Gasteiger partial charge in [-0.05, 0) is 44.9 Å². The molecule has 0 fully saturated rings. The van der Waals surface area contributed by atoms with Crippen LogP contribution in [0.1, 0.15) is 290 Å². The van der Waals surface area contributed by atoms with Gasteiger partial charge >= 0.3 is 17.9 Å². The zero-order valence-corrected chi connectivity index (χ0v) is 43.3. The minimum Gasteiger partial charge on any atom is -0.462 e. The second kappa shape index (κ2) is 54.0. The van der Waals surface area contributed by atoms with E-state index in [0.29, 0.717) is 19.3 Å². The third-order valence-electron chi connectivity index (χ3n) is 12.4. The van der Waals surface area contributed by atoms with Crippen LogP contribution in [0.2, 0.25) is 0 Å². The van der Waals surface area contributed by atoms with Gasteiger partial charge in [0.2, 0.25) is 0 Å². The zero-order chi connectivity index (χ0) is 47.2. The second-order valence-corrected chi connectivity index (χ2v) is 18.8. The Morgan fingerprint density at radius 1 is 0.323 bits per heavy atom. The lowest BCUT2D eigenvalue weighted by Crippen LogP contribution is -2.30. The van der Waals surface area contributed by atoms with E-state index in [9.17, 15) is 14.4 Å². The molecule has 0 bridgehead atoms. The van der Waals surface area contributed by atoms with E-state index in [0.717, 1.165) is 64.2 Å². The van der Waals surface area contributed by atoms with Gasteiger partial charge in [-0.2, -0.15) is 0 Å². The molecule has 0 heterocycles. The van der Waals surface area contributed by atoms with Crippen LogP contribution in [-0.2, 0) is 28.6 Å². The zero-order valence-electron chi connectivity index (χ0n) is 43.3. The summed E-state index contributed by atoms with van der Waals surface area (Å²) in [5.74, 6) is -0.961. The predicted octanol–water partition coefficient (Wildman–Crippen LogP) is 18.7. The SMILES string of the molecule is CC/C=C\C/C=C\C/C=C\C/C=C\CCC(=O)OCC(COC(=O)CCCCCCCCCCCCCCCCCCCCCC)OC(=O)CCCCCCCCCCCCCCCC. The molecule has 0 aliphatic carbocycles. The van der Waals surface area contributed by atoms with Gasteiger partial charge in [0.25, 0.3) is 0 Å². The summed E-state index contributed by atoms with van der Waals surface area (Å²) in [6.45, 7) is 6.50. The van der Waals surface area contributed by atoms with Gasteiger partial charge in [-0.15, -0.1) is 0 Å². The lowest BCUT2D eigenvalue weighted by Gasteiger charge is -2.18. The van der Waals surface area contributed by atoms with Crippen molar-refractivity contribution in [3.63, 3.8) is 0 Å². The highest BCUT2D eigenvalue weighted by molar-refractivity contribution is 5.71. The van der Waals surface area contributed by atoms with Crippen LogP contribution in [0.4, 0.5) is 0 Å². The Bertz CT molecular complexity index is 1140. The van der Waals surface area contributed by atoms with Crippen molar-refractivity contribution in [2.75, 3.05) is 13.2 Å². The number of rotatable bonds is 51. The summed E-state index contributed by atoms with van der Waals surface area (Å²) in [7, 11) is 0. The summed E-state index contributed by atoms with van der Waals surface area (Å²) in [6.07, 6.45) is 65.5. The molecule has 0 aliphatic rings. The Labute approximate surface area is 403 Å². The van der Waals surface area contributed by atoms with Gasteiger partial charge in [0, 0.05) is 19.3 Å². The summed E-state index contributed by atoms with van der Waals surface area (Å²) < 4.78 is 16.8. The van der Waals surface area contributed by atoms with Crippen LogP contribution >= 0.6 is 0 Å². The highest BCUT2D eigenvalue weighted by atomic mass is 16.6. The van der Waals surface area contributed by atoms with E-state index in [1.165, 1.54) is 180 Å². The van der Waals surface area contributed by atoms with Gasteiger partial charge in [-0.1, -0.05) is 275 Å². The number of allylic oxidation sites excluding steroid dienone is 8. The van der Waals surface area contributed by atoms with E-state index in [1.54, 1.807) is 0 Å². The lowest BCUT2D eigenvalue weighted by molar-refractivity contribution is -0.166. The molecule has 0 saturated heterocycles. The first-order chi connectivity index (χ1) is 32.0. The van der Waals surface area contributed by atoms with Gasteiger partial charge in [0.15, 0.2) is 6.10 Å². The van der Waals surface area contributed by atoms with E-state index in [4.69, 9.17) is 14.2 Å². The van der Waals surface area contributed by atoms with E-state index in [-0.39, 0.29) is 37.5 Å². The molecule has 0 rings (SSSR count). The van der Waals surface area contributed by atoms with E-state index >= 15 is 0 Å². The van der Waals surface area contributed by atoms with Crippen molar-refractivity contribution in [3.05, 3.63) is 48.6 Å². The molecule has 1 unspecified atom stereocenters. The molecule has 6 heteroatoms. The molecular formula is C59H106O6.